The van der Waals surface area contributed by atoms with Crippen LogP contribution >= 0.6 is 0 Å². The van der Waals surface area contributed by atoms with Crippen molar-refractivity contribution in [2.75, 3.05) is 6.61 Å². The Morgan fingerprint density at radius 2 is 0.615 bits per heavy atom. The molecule has 0 aromatic heterocycles. The highest BCUT2D eigenvalue weighted by atomic mass is 16.3. The van der Waals surface area contributed by atoms with Crippen molar-refractivity contribution in [1.29, 1.82) is 0 Å². The topological polar surface area (TPSA) is 69.6 Å². The summed E-state index contributed by atoms with van der Waals surface area (Å²) in [6.45, 7) is 4.36. The van der Waals surface area contributed by atoms with E-state index >= 15 is 0 Å². The van der Waals surface area contributed by atoms with Gasteiger partial charge in [-0.25, -0.2) is 0 Å². The average Bonchev–Trinajstić information content (AvgIpc) is 3.15. The van der Waals surface area contributed by atoms with Crippen LogP contribution in [0.2, 0.25) is 0 Å². The third-order valence-corrected chi connectivity index (χ3v) is 11.6. The fraction of sp³-hybridized carbons (Fsp3) is 0.979. The van der Waals surface area contributed by atoms with Gasteiger partial charge < -0.3 is 15.5 Å². The molecule has 0 bridgehead atoms. The van der Waals surface area contributed by atoms with Crippen molar-refractivity contribution in [3.8, 4) is 0 Å². The molecule has 0 heterocycles. The summed E-state index contributed by atoms with van der Waals surface area (Å²) < 4.78 is 0. The Balaban J connectivity index is 3.33. The van der Waals surface area contributed by atoms with Crippen LogP contribution in [0.15, 0.2) is 0 Å². The lowest BCUT2D eigenvalue weighted by Crippen LogP contribution is -2.45. The lowest BCUT2D eigenvalue weighted by atomic mass is 10.0. The van der Waals surface area contributed by atoms with Crippen molar-refractivity contribution in [1.82, 2.24) is 5.32 Å². The summed E-state index contributed by atoms with van der Waals surface area (Å²) in [6, 6.07) is -0.528. The molecule has 0 fully saturated rings. The molecular weight excluding hydrogens is 639 g/mol. The Kier molecular flexibility index (Phi) is 44.3. The molecule has 1 amide bonds. The first-order valence-corrected chi connectivity index (χ1v) is 24.2. The summed E-state index contributed by atoms with van der Waals surface area (Å²) in [7, 11) is 0. The monoisotopic (exact) mass is 736 g/mol. The highest BCUT2D eigenvalue weighted by Crippen LogP contribution is 2.17. The maximum Gasteiger partial charge on any atom is 0.220 e. The van der Waals surface area contributed by atoms with Crippen molar-refractivity contribution in [2.45, 2.75) is 296 Å². The minimum Gasteiger partial charge on any atom is -0.394 e. The molecule has 2 unspecified atom stereocenters. The number of unbranched alkanes of at least 4 members (excludes halogenated alkanes) is 38. The summed E-state index contributed by atoms with van der Waals surface area (Å²) in [5.74, 6) is -0.0272. The lowest BCUT2D eigenvalue weighted by Gasteiger charge is -2.22. The molecule has 0 aliphatic heterocycles. The Labute approximate surface area is 327 Å². The van der Waals surface area contributed by atoms with E-state index in [9.17, 15) is 15.0 Å². The van der Waals surface area contributed by atoms with E-state index in [4.69, 9.17) is 0 Å². The second-order valence-corrected chi connectivity index (χ2v) is 16.9. The van der Waals surface area contributed by atoms with Crippen LogP contribution in [0.25, 0.3) is 0 Å². The number of hydrogen-bond donors (Lipinski definition) is 3. The van der Waals surface area contributed by atoms with Gasteiger partial charge in [0.2, 0.25) is 5.91 Å². The number of rotatable bonds is 45. The fourth-order valence-electron chi connectivity index (χ4n) is 7.89. The SMILES string of the molecule is CCCCCCCCCCCCCCCCCCCCCCCCCCCCCCCCCC(=O)NC(CO)C(O)CCCCCCCCCCC. The molecule has 2 atom stereocenters. The number of aliphatic hydroxyl groups is 2. The van der Waals surface area contributed by atoms with Crippen molar-refractivity contribution in [3.05, 3.63) is 0 Å². The molecule has 0 aromatic rings. The quantitative estimate of drug-likeness (QED) is 0.0545. The molecule has 52 heavy (non-hydrogen) atoms. The predicted molar refractivity (Wildman–Crippen MR) is 230 cm³/mol. The van der Waals surface area contributed by atoms with E-state index in [1.165, 1.54) is 231 Å². The maximum absolute atomic E-state index is 12.4. The van der Waals surface area contributed by atoms with Gasteiger partial charge in [-0.3, -0.25) is 4.79 Å². The molecule has 0 aliphatic rings. The molecule has 0 saturated heterocycles. The van der Waals surface area contributed by atoms with E-state index in [1.807, 2.05) is 0 Å². The normalized spacial score (nSPS) is 12.8. The Morgan fingerprint density at radius 3 is 0.865 bits per heavy atom. The first-order valence-electron chi connectivity index (χ1n) is 24.2. The molecule has 0 aliphatic carbocycles. The zero-order valence-corrected chi connectivity index (χ0v) is 35.9. The number of carbonyl (C=O) groups excluding carboxylic acids is 1. The average molecular weight is 736 g/mol. The largest absolute Gasteiger partial charge is 0.394 e. The highest BCUT2D eigenvalue weighted by molar-refractivity contribution is 5.76. The number of aliphatic hydroxyl groups excluding tert-OH is 2. The second-order valence-electron chi connectivity index (χ2n) is 16.9. The number of amides is 1. The van der Waals surface area contributed by atoms with Crippen molar-refractivity contribution in [3.63, 3.8) is 0 Å². The highest BCUT2D eigenvalue weighted by Gasteiger charge is 2.20. The van der Waals surface area contributed by atoms with Gasteiger partial charge in [-0.05, 0) is 12.8 Å². The summed E-state index contributed by atoms with van der Waals surface area (Å²) in [4.78, 5) is 12.4. The zero-order valence-electron chi connectivity index (χ0n) is 35.9. The number of nitrogens with one attached hydrogen (secondary N) is 1. The van der Waals surface area contributed by atoms with E-state index in [-0.39, 0.29) is 12.5 Å². The van der Waals surface area contributed by atoms with Gasteiger partial charge in [-0.1, -0.05) is 264 Å². The van der Waals surface area contributed by atoms with Gasteiger partial charge in [-0.15, -0.1) is 0 Å². The molecule has 4 heteroatoms. The Hall–Kier alpha value is -0.610. The number of hydrogen-bond acceptors (Lipinski definition) is 3. The van der Waals surface area contributed by atoms with Gasteiger partial charge in [0.15, 0.2) is 0 Å². The first-order chi connectivity index (χ1) is 25.7. The molecule has 0 rings (SSSR count). The van der Waals surface area contributed by atoms with E-state index in [0.717, 1.165) is 25.7 Å². The van der Waals surface area contributed by atoms with Crippen LogP contribution in [-0.2, 0) is 4.79 Å². The minimum absolute atomic E-state index is 0.0272. The third kappa shape index (κ3) is 40.6. The van der Waals surface area contributed by atoms with E-state index in [1.54, 1.807) is 0 Å². The number of carbonyl (C=O) groups is 1. The van der Waals surface area contributed by atoms with Gasteiger partial charge >= 0.3 is 0 Å². The zero-order chi connectivity index (χ0) is 37.8. The Bertz CT molecular complexity index is 670. The van der Waals surface area contributed by atoms with Crippen LogP contribution in [0, 0.1) is 0 Å². The van der Waals surface area contributed by atoms with Crippen LogP contribution in [0.3, 0.4) is 0 Å². The standard InChI is InChI=1S/C48H97NO3/c1-3-5-7-9-11-13-14-15-16-17-18-19-20-21-22-23-24-25-26-27-28-29-30-31-32-33-34-36-38-40-42-44-48(52)49-46(45-50)47(51)43-41-39-37-35-12-10-8-6-4-2/h46-47,50-51H,3-45H2,1-2H3,(H,49,52). The van der Waals surface area contributed by atoms with Gasteiger partial charge in [0.25, 0.3) is 0 Å². The summed E-state index contributed by atoms with van der Waals surface area (Å²) in [6.07, 6.45) is 55.1. The molecule has 3 N–H and O–H groups in total. The van der Waals surface area contributed by atoms with Gasteiger partial charge in [0, 0.05) is 6.42 Å². The molecule has 4 nitrogen and oxygen atoms in total. The van der Waals surface area contributed by atoms with Gasteiger partial charge in [0.1, 0.15) is 0 Å². The van der Waals surface area contributed by atoms with E-state index in [0.29, 0.717) is 12.8 Å². The van der Waals surface area contributed by atoms with Crippen LogP contribution in [0.1, 0.15) is 284 Å². The smallest absolute Gasteiger partial charge is 0.220 e. The summed E-state index contributed by atoms with van der Waals surface area (Å²) in [5.41, 5.74) is 0. The van der Waals surface area contributed by atoms with Crippen molar-refractivity contribution >= 4 is 5.91 Å². The van der Waals surface area contributed by atoms with Crippen LogP contribution in [0.5, 0.6) is 0 Å². The lowest BCUT2D eigenvalue weighted by molar-refractivity contribution is -0.123. The maximum atomic E-state index is 12.4. The second kappa shape index (κ2) is 44.8. The first kappa shape index (κ1) is 51.4. The molecule has 312 valence electrons. The fourth-order valence-corrected chi connectivity index (χ4v) is 7.89. The molecule has 0 spiro atoms. The van der Waals surface area contributed by atoms with Gasteiger partial charge in [-0.2, -0.15) is 0 Å². The summed E-state index contributed by atoms with van der Waals surface area (Å²) in [5, 5.41) is 23.1. The van der Waals surface area contributed by atoms with E-state index < -0.39 is 12.1 Å². The third-order valence-electron chi connectivity index (χ3n) is 11.6. The minimum atomic E-state index is -0.651. The van der Waals surface area contributed by atoms with Crippen LogP contribution in [0.4, 0.5) is 0 Å². The molecule has 0 radical (unpaired) electrons. The molecular formula is C48H97NO3. The van der Waals surface area contributed by atoms with Gasteiger partial charge in [0.05, 0.1) is 18.8 Å². The Morgan fingerprint density at radius 1 is 0.385 bits per heavy atom. The molecule has 0 aromatic carbocycles. The summed E-state index contributed by atoms with van der Waals surface area (Å²) >= 11 is 0. The van der Waals surface area contributed by atoms with Crippen LogP contribution in [-0.4, -0.2) is 34.9 Å². The van der Waals surface area contributed by atoms with E-state index in [2.05, 4.69) is 19.2 Å². The van der Waals surface area contributed by atoms with Crippen molar-refractivity contribution < 1.29 is 15.0 Å². The van der Waals surface area contributed by atoms with Crippen LogP contribution < -0.4 is 5.32 Å². The van der Waals surface area contributed by atoms with Crippen molar-refractivity contribution in [2.24, 2.45) is 0 Å². The molecule has 0 saturated carbocycles. The predicted octanol–water partition coefficient (Wildman–Crippen LogP) is 15.2.